The molecule has 2 atom stereocenters. The standard InChI is InChI=1S/C16H26N2O2S/c1-11-7-5-4-6-8-15(11)18-21(19,20)16-12(2)9-14(17)10-13(16)3/h9-11,15,18H,4-8,17H2,1-3H3. The summed E-state index contributed by atoms with van der Waals surface area (Å²) in [5, 5.41) is 0. The van der Waals surface area contributed by atoms with Gasteiger partial charge in [-0.3, -0.25) is 0 Å². The molecule has 4 nitrogen and oxygen atoms in total. The molecule has 0 heterocycles. The summed E-state index contributed by atoms with van der Waals surface area (Å²) in [6.07, 6.45) is 5.50. The quantitative estimate of drug-likeness (QED) is 0.665. The van der Waals surface area contributed by atoms with Crippen LogP contribution in [0.1, 0.15) is 50.2 Å². The summed E-state index contributed by atoms with van der Waals surface area (Å²) < 4.78 is 28.5. The molecule has 5 heteroatoms. The SMILES string of the molecule is Cc1cc(N)cc(C)c1S(=O)(=O)NC1CCCCCC1C. The van der Waals surface area contributed by atoms with Crippen molar-refractivity contribution in [3.8, 4) is 0 Å². The van der Waals surface area contributed by atoms with Gasteiger partial charge in [-0.2, -0.15) is 0 Å². The smallest absolute Gasteiger partial charge is 0.241 e. The molecule has 2 unspecified atom stereocenters. The molecule has 118 valence electrons. The van der Waals surface area contributed by atoms with Gasteiger partial charge in [-0.1, -0.05) is 26.2 Å². The number of benzene rings is 1. The maximum atomic E-state index is 12.8. The van der Waals surface area contributed by atoms with Crippen molar-refractivity contribution < 1.29 is 8.42 Å². The lowest BCUT2D eigenvalue weighted by Crippen LogP contribution is -2.39. The number of hydrogen-bond acceptors (Lipinski definition) is 3. The van der Waals surface area contributed by atoms with Gasteiger partial charge in [0.2, 0.25) is 10.0 Å². The zero-order chi connectivity index (χ0) is 15.6. The Balaban J connectivity index is 2.30. The summed E-state index contributed by atoms with van der Waals surface area (Å²) in [4.78, 5) is 0.383. The monoisotopic (exact) mass is 310 g/mol. The zero-order valence-corrected chi connectivity index (χ0v) is 14.0. The van der Waals surface area contributed by atoms with E-state index >= 15 is 0 Å². The third-order valence-corrected chi connectivity index (χ3v) is 6.21. The summed E-state index contributed by atoms with van der Waals surface area (Å²) in [5.74, 6) is 0.386. The molecule has 1 saturated carbocycles. The Morgan fingerprint density at radius 2 is 1.67 bits per heavy atom. The predicted molar refractivity (Wildman–Crippen MR) is 86.7 cm³/mol. The first-order valence-corrected chi connectivity index (χ1v) is 9.18. The Labute approximate surface area is 128 Å². The fraction of sp³-hybridized carbons (Fsp3) is 0.625. The van der Waals surface area contributed by atoms with Crippen LogP contribution >= 0.6 is 0 Å². The Hall–Kier alpha value is -1.07. The average molecular weight is 310 g/mol. The highest BCUT2D eigenvalue weighted by Crippen LogP contribution is 2.27. The van der Waals surface area contributed by atoms with Gasteiger partial charge in [0.15, 0.2) is 0 Å². The second-order valence-corrected chi connectivity index (χ2v) is 7.98. The van der Waals surface area contributed by atoms with Crippen LogP contribution in [0.15, 0.2) is 17.0 Å². The van der Waals surface area contributed by atoms with Gasteiger partial charge in [-0.05, 0) is 55.9 Å². The van der Waals surface area contributed by atoms with Crippen LogP contribution in [-0.2, 0) is 10.0 Å². The highest BCUT2D eigenvalue weighted by Gasteiger charge is 2.27. The van der Waals surface area contributed by atoms with Crippen molar-refractivity contribution in [1.82, 2.24) is 4.72 Å². The fourth-order valence-electron chi connectivity index (χ4n) is 3.33. The normalized spacial score (nSPS) is 23.8. The van der Waals surface area contributed by atoms with Crippen LogP contribution in [0.2, 0.25) is 0 Å². The van der Waals surface area contributed by atoms with Crippen LogP contribution in [0.4, 0.5) is 5.69 Å². The van der Waals surface area contributed by atoms with Gasteiger partial charge in [0.25, 0.3) is 0 Å². The van der Waals surface area contributed by atoms with E-state index in [0.717, 1.165) is 19.3 Å². The van der Waals surface area contributed by atoms with Gasteiger partial charge >= 0.3 is 0 Å². The molecule has 1 aromatic rings. The molecule has 0 bridgehead atoms. The summed E-state index contributed by atoms with van der Waals surface area (Å²) in [6, 6.07) is 3.48. The molecular formula is C16H26N2O2S. The molecule has 1 aliphatic carbocycles. The minimum Gasteiger partial charge on any atom is -0.399 e. The molecule has 0 radical (unpaired) electrons. The van der Waals surface area contributed by atoms with Gasteiger partial charge in [-0.15, -0.1) is 0 Å². The molecular weight excluding hydrogens is 284 g/mol. The molecule has 1 aromatic carbocycles. The second kappa shape index (κ2) is 6.36. The minimum atomic E-state index is -3.49. The molecule has 2 rings (SSSR count). The van der Waals surface area contributed by atoms with E-state index in [9.17, 15) is 8.42 Å². The van der Waals surface area contributed by atoms with Crippen LogP contribution in [0, 0.1) is 19.8 Å². The molecule has 0 saturated heterocycles. The largest absolute Gasteiger partial charge is 0.399 e. The number of nitrogen functional groups attached to an aromatic ring is 1. The van der Waals surface area contributed by atoms with Gasteiger partial charge in [0.05, 0.1) is 4.90 Å². The zero-order valence-electron chi connectivity index (χ0n) is 13.1. The lowest BCUT2D eigenvalue weighted by atomic mass is 9.98. The Morgan fingerprint density at radius 1 is 1.10 bits per heavy atom. The van der Waals surface area contributed by atoms with Gasteiger partial charge in [0.1, 0.15) is 0 Å². The summed E-state index contributed by atoms with van der Waals surface area (Å²) in [5.41, 5.74) is 7.81. The maximum Gasteiger partial charge on any atom is 0.241 e. The lowest BCUT2D eigenvalue weighted by Gasteiger charge is -2.24. The van der Waals surface area contributed by atoms with Gasteiger partial charge in [0, 0.05) is 11.7 Å². The second-order valence-electron chi connectivity index (χ2n) is 6.33. The van der Waals surface area contributed by atoms with Crippen molar-refractivity contribution in [3.63, 3.8) is 0 Å². The van der Waals surface area contributed by atoms with E-state index in [0.29, 0.717) is 27.6 Å². The van der Waals surface area contributed by atoms with E-state index in [4.69, 9.17) is 5.73 Å². The van der Waals surface area contributed by atoms with Crippen LogP contribution in [-0.4, -0.2) is 14.5 Å². The van der Waals surface area contributed by atoms with E-state index in [2.05, 4.69) is 11.6 Å². The van der Waals surface area contributed by atoms with Crippen molar-refractivity contribution in [2.24, 2.45) is 5.92 Å². The minimum absolute atomic E-state index is 0.0360. The number of rotatable bonds is 3. The highest BCUT2D eigenvalue weighted by molar-refractivity contribution is 7.89. The number of nitrogens with two attached hydrogens (primary N) is 1. The topological polar surface area (TPSA) is 72.2 Å². The number of sulfonamides is 1. The third kappa shape index (κ3) is 3.77. The van der Waals surface area contributed by atoms with Crippen LogP contribution in [0.25, 0.3) is 0 Å². The summed E-state index contributed by atoms with van der Waals surface area (Å²) in [6.45, 7) is 5.74. The molecule has 0 aliphatic heterocycles. The Kier molecular flexibility index (Phi) is 4.94. The van der Waals surface area contributed by atoms with Crippen LogP contribution in [0.3, 0.4) is 0 Å². The van der Waals surface area contributed by atoms with E-state index < -0.39 is 10.0 Å². The van der Waals surface area contributed by atoms with Crippen LogP contribution in [0.5, 0.6) is 0 Å². The molecule has 0 aromatic heterocycles. The molecule has 3 N–H and O–H groups in total. The number of aryl methyl sites for hydroxylation is 2. The van der Waals surface area contributed by atoms with Crippen molar-refractivity contribution in [2.45, 2.75) is 63.8 Å². The van der Waals surface area contributed by atoms with Crippen LogP contribution < -0.4 is 10.5 Å². The van der Waals surface area contributed by atoms with E-state index in [-0.39, 0.29) is 6.04 Å². The molecule has 0 spiro atoms. The van der Waals surface area contributed by atoms with E-state index in [1.807, 2.05) is 0 Å². The van der Waals surface area contributed by atoms with Crippen molar-refractivity contribution in [2.75, 3.05) is 5.73 Å². The fourth-order valence-corrected chi connectivity index (χ4v) is 5.17. The van der Waals surface area contributed by atoms with Crippen molar-refractivity contribution >= 4 is 15.7 Å². The van der Waals surface area contributed by atoms with Crippen molar-refractivity contribution in [3.05, 3.63) is 23.3 Å². The summed E-state index contributed by atoms with van der Waals surface area (Å²) >= 11 is 0. The number of nitrogens with one attached hydrogen (secondary N) is 1. The van der Waals surface area contributed by atoms with Gasteiger partial charge in [-0.25, -0.2) is 13.1 Å². The number of hydrogen-bond donors (Lipinski definition) is 2. The third-order valence-electron chi connectivity index (χ3n) is 4.42. The number of anilines is 1. The first-order chi connectivity index (χ1) is 9.81. The Morgan fingerprint density at radius 3 is 2.29 bits per heavy atom. The predicted octanol–water partition coefficient (Wildman–Crippen LogP) is 3.13. The van der Waals surface area contributed by atoms with E-state index in [1.165, 1.54) is 12.8 Å². The van der Waals surface area contributed by atoms with E-state index in [1.54, 1.807) is 26.0 Å². The molecule has 21 heavy (non-hydrogen) atoms. The molecule has 1 aliphatic rings. The first-order valence-electron chi connectivity index (χ1n) is 7.70. The highest BCUT2D eigenvalue weighted by atomic mass is 32.2. The van der Waals surface area contributed by atoms with Crippen molar-refractivity contribution in [1.29, 1.82) is 0 Å². The Bertz CT molecular complexity index is 588. The molecule has 1 fully saturated rings. The average Bonchev–Trinajstić information content (AvgIpc) is 2.52. The first kappa shape index (κ1) is 16.3. The molecule has 0 amide bonds. The maximum absolute atomic E-state index is 12.8. The van der Waals surface area contributed by atoms with Gasteiger partial charge < -0.3 is 5.73 Å². The summed E-state index contributed by atoms with van der Waals surface area (Å²) in [7, 11) is -3.49. The lowest BCUT2D eigenvalue weighted by molar-refractivity contribution is 0.399.